The molecule has 4 N–H and O–H groups in total. The summed E-state index contributed by atoms with van der Waals surface area (Å²) in [7, 11) is 0. The Morgan fingerprint density at radius 1 is 1.24 bits per heavy atom. The van der Waals surface area contributed by atoms with E-state index in [0.717, 1.165) is 45.4 Å². The van der Waals surface area contributed by atoms with E-state index in [2.05, 4.69) is 15.5 Å². The van der Waals surface area contributed by atoms with Gasteiger partial charge in [0.1, 0.15) is 0 Å². The first-order chi connectivity index (χ1) is 10.1. The number of nitrogens with zero attached hydrogens (tertiary/aromatic N) is 1. The molecule has 1 atom stereocenters. The summed E-state index contributed by atoms with van der Waals surface area (Å²) in [5, 5.41) is 6.52. The van der Waals surface area contributed by atoms with Crippen molar-refractivity contribution in [3.63, 3.8) is 0 Å². The standard InChI is InChI=1S/C15H28N4O2/c16-14(20)11-19-8-5-13(6-9-19)18-15(21)4-3-12-2-1-7-17-10-12/h12-13,17H,1-11H2,(H2,16,20)(H,18,21). The molecule has 0 radical (unpaired) electrons. The highest BCUT2D eigenvalue weighted by molar-refractivity contribution is 5.76. The number of nitrogens with two attached hydrogens (primary N) is 1. The quantitative estimate of drug-likeness (QED) is 0.635. The molecule has 2 heterocycles. The lowest BCUT2D eigenvalue weighted by Crippen LogP contribution is -2.46. The van der Waals surface area contributed by atoms with Crippen molar-refractivity contribution in [3.8, 4) is 0 Å². The largest absolute Gasteiger partial charge is 0.369 e. The van der Waals surface area contributed by atoms with E-state index in [1.165, 1.54) is 12.8 Å². The van der Waals surface area contributed by atoms with Crippen LogP contribution in [-0.4, -0.2) is 55.5 Å². The van der Waals surface area contributed by atoms with Crippen molar-refractivity contribution in [1.82, 2.24) is 15.5 Å². The Balaban J connectivity index is 1.59. The fourth-order valence-electron chi connectivity index (χ4n) is 3.26. The average molecular weight is 296 g/mol. The second-order valence-electron chi connectivity index (χ2n) is 6.34. The minimum atomic E-state index is -0.279. The molecule has 2 fully saturated rings. The summed E-state index contributed by atoms with van der Waals surface area (Å²) < 4.78 is 0. The normalized spacial score (nSPS) is 24.7. The molecule has 2 saturated heterocycles. The van der Waals surface area contributed by atoms with Crippen LogP contribution in [0.4, 0.5) is 0 Å². The van der Waals surface area contributed by atoms with E-state index in [9.17, 15) is 9.59 Å². The Kier molecular flexibility index (Phi) is 6.45. The molecule has 2 rings (SSSR count). The van der Waals surface area contributed by atoms with Crippen molar-refractivity contribution in [2.45, 2.75) is 44.6 Å². The smallest absolute Gasteiger partial charge is 0.231 e. The molecule has 0 aromatic rings. The topological polar surface area (TPSA) is 87.5 Å². The van der Waals surface area contributed by atoms with Gasteiger partial charge in [-0.25, -0.2) is 0 Å². The zero-order valence-electron chi connectivity index (χ0n) is 12.8. The fraction of sp³-hybridized carbons (Fsp3) is 0.867. The number of likely N-dealkylation sites (tertiary alicyclic amines) is 1. The molecular weight excluding hydrogens is 268 g/mol. The van der Waals surface area contributed by atoms with Crippen molar-refractivity contribution >= 4 is 11.8 Å². The van der Waals surface area contributed by atoms with Gasteiger partial charge >= 0.3 is 0 Å². The van der Waals surface area contributed by atoms with Crippen LogP contribution >= 0.6 is 0 Å². The second-order valence-corrected chi connectivity index (χ2v) is 6.34. The molecule has 2 aliphatic rings. The summed E-state index contributed by atoms with van der Waals surface area (Å²) in [5.41, 5.74) is 5.19. The van der Waals surface area contributed by atoms with E-state index in [-0.39, 0.29) is 17.9 Å². The van der Waals surface area contributed by atoms with E-state index in [4.69, 9.17) is 5.73 Å². The Labute approximate surface area is 126 Å². The Bertz CT molecular complexity index is 348. The lowest BCUT2D eigenvalue weighted by Gasteiger charge is -2.31. The first-order valence-corrected chi connectivity index (χ1v) is 8.14. The molecule has 6 heteroatoms. The van der Waals surface area contributed by atoms with E-state index >= 15 is 0 Å². The van der Waals surface area contributed by atoms with Crippen LogP contribution in [0, 0.1) is 5.92 Å². The molecule has 0 bridgehead atoms. The number of hydrogen-bond donors (Lipinski definition) is 3. The number of nitrogens with one attached hydrogen (secondary N) is 2. The van der Waals surface area contributed by atoms with Gasteiger partial charge in [-0.05, 0) is 51.1 Å². The molecule has 0 spiro atoms. The van der Waals surface area contributed by atoms with Gasteiger partial charge in [0.25, 0.3) is 0 Å². The van der Waals surface area contributed by atoms with E-state index in [1.54, 1.807) is 0 Å². The highest BCUT2D eigenvalue weighted by Crippen LogP contribution is 2.16. The number of primary amides is 1. The van der Waals surface area contributed by atoms with Gasteiger partial charge in [0.2, 0.25) is 11.8 Å². The zero-order chi connectivity index (χ0) is 15.1. The molecule has 21 heavy (non-hydrogen) atoms. The minimum absolute atomic E-state index is 0.175. The Hall–Kier alpha value is -1.14. The summed E-state index contributed by atoms with van der Waals surface area (Å²) in [4.78, 5) is 24.9. The van der Waals surface area contributed by atoms with Gasteiger partial charge in [0.05, 0.1) is 6.54 Å². The molecule has 0 saturated carbocycles. The Morgan fingerprint density at radius 2 is 2.00 bits per heavy atom. The second kappa shape index (κ2) is 8.34. The lowest BCUT2D eigenvalue weighted by atomic mass is 9.94. The van der Waals surface area contributed by atoms with Gasteiger partial charge in [-0.1, -0.05) is 0 Å². The number of carbonyl (C=O) groups excluding carboxylic acids is 2. The van der Waals surface area contributed by atoms with Crippen molar-refractivity contribution in [1.29, 1.82) is 0 Å². The van der Waals surface area contributed by atoms with Crippen LogP contribution in [0.15, 0.2) is 0 Å². The maximum atomic E-state index is 12.0. The van der Waals surface area contributed by atoms with Gasteiger partial charge in [0.15, 0.2) is 0 Å². The summed E-state index contributed by atoms with van der Waals surface area (Å²) >= 11 is 0. The Morgan fingerprint density at radius 3 is 2.62 bits per heavy atom. The molecule has 0 aromatic heterocycles. The van der Waals surface area contributed by atoms with Crippen LogP contribution in [0.25, 0.3) is 0 Å². The summed E-state index contributed by atoms with van der Waals surface area (Å²) in [6.45, 7) is 4.17. The van der Waals surface area contributed by atoms with Crippen molar-refractivity contribution in [3.05, 3.63) is 0 Å². The zero-order valence-corrected chi connectivity index (χ0v) is 12.8. The van der Waals surface area contributed by atoms with Crippen molar-refractivity contribution < 1.29 is 9.59 Å². The third-order valence-electron chi connectivity index (χ3n) is 4.51. The summed E-state index contributed by atoms with van der Waals surface area (Å²) in [6.07, 6.45) is 5.90. The van der Waals surface area contributed by atoms with Crippen LogP contribution in [0.1, 0.15) is 38.5 Å². The third kappa shape index (κ3) is 6.01. The molecule has 0 aromatic carbocycles. The average Bonchev–Trinajstić information content (AvgIpc) is 2.48. The van der Waals surface area contributed by atoms with Crippen LogP contribution in [0.3, 0.4) is 0 Å². The summed E-state index contributed by atoms with van der Waals surface area (Å²) in [6, 6.07) is 0.256. The molecule has 2 amide bonds. The van der Waals surface area contributed by atoms with Crippen LogP contribution < -0.4 is 16.4 Å². The first kappa shape index (κ1) is 16.2. The van der Waals surface area contributed by atoms with Crippen LogP contribution in [0.5, 0.6) is 0 Å². The number of carbonyl (C=O) groups is 2. The van der Waals surface area contributed by atoms with Crippen molar-refractivity contribution in [2.75, 3.05) is 32.7 Å². The first-order valence-electron chi connectivity index (χ1n) is 8.14. The van der Waals surface area contributed by atoms with Crippen LogP contribution in [-0.2, 0) is 9.59 Å². The SMILES string of the molecule is NC(=O)CN1CCC(NC(=O)CCC2CCCNC2)CC1. The third-order valence-corrected chi connectivity index (χ3v) is 4.51. The molecule has 0 aliphatic carbocycles. The van der Waals surface area contributed by atoms with E-state index in [0.29, 0.717) is 18.9 Å². The number of hydrogen-bond acceptors (Lipinski definition) is 4. The summed E-state index contributed by atoms with van der Waals surface area (Å²) in [5.74, 6) is 0.550. The minimum Gasteiger partial charge on any atom is -0.369 e. The predicted octanol–water partition coefficient (Wildman–Crippen LogP) is -0.168. The number of amides is 2. The van der Waals surface area contributed by atoms with Gasteiger partial charge < -0.3 is 16.4 Å². The highest BCUT2D eigenvalue weighted by Gasteiger charge is 2.22. The molecule has 120 valence electrons. The van der Waals surface area contributed by atoms with Gasteiger partial charge in [0, 0.05) is 25.6 Å². The van der Waals surface area contributed by atoms with E-state index in [1.807, 2.05) is 0 Å². The number of piperidine rings is 2. The molecule has 6 nitrogen and oxygen atoms in total. The maximum Gasteiger partial charge on any atom is 0.231 e. The monoisotopic (exact) mass is 296 g/mol. The molecule has 2 aliphatic heterocycles. The predicted molar refractivity (Wildman–Crippen MR) is 81.6 cm³/mol. The maximum absolute atomic E-state index is 12.0. The van der Waals surface area contributed by atoms with Crippen LogP contribution in [0.2, 0.25) is 0 Å². The van der Waals surface area contributed by atoms with Crippen molar-refractivity contribution in [2.24, 2.45) is 11.7 Å². The molecule has 1 unspecified atom stereocenters. The van der Waals surface area contributed by atoms with E-state index < -0.39 is 0 Å². The lowest BCUT2D eigenvalue weighted by molar-refractivity contribution is -0.123. The van der Waals surface area contributed by atoms with Gasteiger partial charge in [-0.2, -0.15) is 0 Å². The molecular formula is C15H28N4O2. The number of rotatable bonds is 6. The van der Waals surface area contributed by atoms with Gasteiger partial charge in [-0.15, -0.1) is 0 Å². The highest BCUT2D eigenvalue weighted by atomic mass is 16.2. The van der Waals surface area contributed by atoms with Gasteiger partial charge in [-0.3, -0.25) is 14.5 Å². The fourth-order valence-corrected chi connectivity index (χ4v) is 3.26.